The fraction of sp³-hybridized carbons (Fsp3) is 0.182. The second-order valence-electron chi connectivity index (χ2n) is 3.68. The number of aromatic nitrogens is 1. The number of hydrogen-bond acceptors (Lipinski definition) is 5. The van der Waals surface area contributed by atoms with Crippen LogP contribution in [0.15, 0.2) is 34.5 Å². The summed E-state index contributed by atoms with van der Waals surface area (Å²) in [5.41, 5.74) is 0.733. The minimum atomic E-state index is -3.63. The summed E-state index contributed by atoms with van der Waals surface area (Å²) < 4.78 is 26.4. The third-order valence-corrected chi connectivity index (χ3v) is 4.63. The number of aryl methyl sites for hydroxylation is 1. The van der Waals surface area contributed by atoms with E-state index in [2.05, 4.69) is 9.71 Å². The van der Waals surface area contributed by atoms with E-state index in [1.54, 1.807) is 25.1 Å². The lowest BCUT2D eigenvalue weighted by Crippen LogP contribution is -2.13. The van der Waals surface area contributed by atoms with Crippen molar-refractivity contribution < 1.29 is 13.5 Å². The maximum atomic E-state index is 12.0. The number of pyridine rings is 1. The third-order valence-electron chi connectivity index (χ3n) is 2.22. The summed E-state index contributed by atoms with van der Waals surface area (Å²) in [4.78, 5) is 4.82. The Morgan fingerprint density at radius 3 is 2.83 bits per heavy atom. The van der Waals surface area contributed by atoms with Crippen LogP contribution < -0.4 is 4.72 Å². The molecule has 2 N–H and O–H groups in total. The van der Waals surface area contributed by atoms with E-state index in [-0.39, 0.29) is 17.3 Å². The number of aliphatic hydroxyl groups is 1. The molecule has 0 aromatic carbocycles. The van der Waals surface area contributed by atoms with Crippen LogP contribution in [-0.4, -0.2) is 18.5 Å². The second kappa shape index (κ2) is 5.05. The van der Waals surface area contributed by atoms with E-state index in [1.807, 2.05) is 0 Å². The Labute approximate surface area is 109 Å². The highest BCUT2D eigenvalue weighted by atomic mass is 32.2. The van der Waals surface area contributed by atoms with E-state index in [1.165, 1.54) is 22.8 Å². The second-order valence-corrected chi connectivity index (χ2v) is 6.35. The van der Waals surface area contributed by atoms with Crippen molar-refractivity contribution >= 4 is 27.2 Å². The molecule has 5 nitrogen and oxygen atoms in total. The molecule has 2 rings (SSSR count). The molecular formula is C11H12N2O3S2. The molecular weight excluding hydrogens is 272 g/mol. The molecule has 0 spiro atoms. The Kier molecular flexibility index (Phi) is 3.65. The van der Waals surface area contributed by atoms with Gasteiger partial charge in [-0.25, -0.2) is 13.4 Å². The zero-order valence-corrected chi connectivity index (χ0v) is 11.3. The van der Waals surface area contributed by atoms with Gasteiger partial charge in [-0.1, -0.05) is 6.07 Å². The maximum Gasteiger partial charge on any atom is 0.263 e. The van der Waals surface area contributed by atoms with Crippen LogP contribution in [0, 0.1) is 6.92 Å². The monoisotopic (exact) mass is 284 g/mol. The van der Waals surface area contributed by atoms with E-state index < -0.39 is 10.0 Å². The summed E-state index contributed by atoms with van der Waals surface area (Å²) >= 11 is 1.20. The van der Waals surface area contributed by atoms with Crippen molar-refractivity contribution in [2.45, 2.75) is 18.4 Å². The number of nitrogens with zero attached hydrogens (tertiary/aromatic N) is 1. The van der Waals surface area contributed by atoms with Gasteiger partial charge in [0.15, 0.2) is 0 Å². The van der Waals surface area contributed by atoms with Gasteiger partial charge >= 0.3 is 0 Å². The summed E-state index contributed by atoms with van der Waals surface area (Å²) in [5.74, 6) is 0.284. The number of sulfonamides is 1. The predicted octanol–water partition coefficient (Wildman–Crippen LogP) is 1.74. The molecule has 0 atom stereocenters. The highest BCUT2D eigenvalue weighted by Gasteiger charge is 2.16. The van der Waals surface area contributed by atoms with E-state index >= 15 is 0 Å². The number of nitrogens with one attached hydrogen (secondary N) is 1. The zero-order chi connectivity index (χ0) is 13.2. The number of thiophene rings is 1. The van der Waals surface area contributed by atoms with Crippen LogP contribution in [0.1, 0.15) is 10.6 Å². The minimum absolute atomic E-state index is 0.139. The van der Waals surface area contributed by atoms with E-state index in [9.17, 15) is 8.42 Å². The molecule has 2 aromatic rings. The molecule has 0 fully saturated rings. The molecule has 0 amide bonds. The smallest absolute Gasteiger partial charge is 0.263 e. The molecule has 0 bridgehead atoms. The molecule has 0 saturated heterocycles. The van der Waals surface area contributed by atoms with Crippen LogP contribution >= 0.6 is 11.3 Å². The summed E-state index contributed by atoms with van der Waals surface area (Å²) in [6.45, 7) is 1.62. The first-order valence-electron chi connectivity index (χ1n) is 5.16. The van der Waals surface area contributed by atoms with Crippen molar-refractivity contribution in [2.24, 2.45) is 0 Å². The molecule has 0 saturated carbocycles. The average molecular weight is 284 g/mol. The van der Waals surface area contributed by atoms with Gasteiger partial charge in [-0.15, -0.1) is 11.3 Å². The van der Waals surface area contributed by atoms with Crippen molar-refractivity contribution in [3.63, 3.8) is 0 Å². The van der Waals surface area contributed by atoms with Gasteiger partial charge in [-0.05, 0) is 25.1 Å². The van der Waals surface area contributed by atoms with Crippen LogP contribution in [0.25, 0.3) is 0 Å². The van der Waals surface area contributed by atoms with Crippen molar-refractivity contribution in [1.82, 2.24) is 4.98 Å². The van der Waals surface area contributed by atoms with E-state index in [0.29, 0.717) is 4.88 Å². The van der Waals surface area contributed by atoms with E-state index in [4.69, 9.17) is 5.11 Å². The van der Waals surface area contributed by atoms with Crippen LogP contribution in [0.3, 0.4) is 0 Å². The lowest BCUT2D eigenvalue weighted by Gasteiger charge is -2.05. The first kappa shape index (κ1) is 13.0. The van der Waals surface area contributed by atoms with Crippen molar-refractivity contribution in [3.05, 3.63) is 40.2 Å². The molecule has 96 valence electrons. The molecule has 2 aromatic heterocycles. The Morgan fingerprint density at radius 1 is 1.44 bits per heavy atom. The van der Waals surface area contributed by atoms with Gasteiger partial charge in [0.2, 0.25) is 0 Å². The standard InChI is InChI=1S/C11H12N2O3S2/c1-8-3-2-4-11(12-8)13-18(15,16)10-5-9(6-14)17-7-10/h2-5,7,14H,6H2,1H3,(H,12,13). The van der Waals surface area contributed by atoms with Gasteiger partial charge in [0.1, 0.15) is 5.82 Å². The summed E-state index contributed by atoms with van der Waals surface area (Å²) in [5, 5.41) is 10.4. The molecule has 0 aliphatic carbocycles. The lowest BCUT2D eigenvalue weighted by atomic mass is 10.4. The number of rotatable bonds is 4. The number of aliphatic hydroxyl groups excluding tert-OH is 1. The molecule has 0 aliphatic heterocycles. The topological polar surface area (TPSA) is 79.3 Å². The Bertz CT molecular complexity index is 650. The Morgan fingerprint density at radius 2 is 2.22 bits per heavy atom. The maximum absolute atomic E-state index is 12.0. The van der Waals surface area contributed by atoms with Gasteiger partial charge in [0, 0.05) is 16.0 Å². The van der Waals surface area contributed by atoms with E-state index in [0.717, 1.165) is 5.69 Å². The molecule has 0 aliphatic rings. The lowest BCUT2D eigenvalue weighted by molar-refractivity contribution is 0.285. The van der Waals surface area contributed by atoms with Crippen LogP contribution in [0.5, 0.6) is 0 Å². The van der Waals surface area contributed by atoms with Crippen molar-refractivity contribution in [3.8, 4) is 0 Å². The first-order valence-corrected chi connectivity index (χ1v) is 7.52. The average Bonchev–Trinajstić information content (AvgIpc) is 2.77. The van der Waals surface area contributed by atoms with Gasteiger partial charge < -0.3 is 5.11 Å². The fourth-order valence-electron chi connectivity index (χ4n) is 1.38. The molecule has 7 heteroatoms. The predicted molar refractivity (Wildman–Crippen MR) is 70.0 cm³/mol. The quantitative estimate of drug-likeness (QED) is 0.896. The van der Waals surface area contributed by atoms with Gasteiger partial charge in [0.05, 0.1) is 11.5 Å². The zero-order valence-electron chi connectivity index (χ0n) is 9.62. The molecule has 18 heavy (non-hydrogen) atoms. The van der Waals surface area contributed by atoms with Gasteiger partial charge in [-0.3, -0.25) is 4.72 Å². The normalized spacial score (nSPS) is 11.4. The largest absolute Gasteiger partial charge is 0.391 e. The van der Waals surface area contributed by atoms with Crippen LogP contribution in [0.4, 0.5) is 5.82 Å². The minimum Gasteiger partial charge on any atom is -0.391 e. The molecule has 0 radical (unpaired) electrons. The number of hydrogen-bond donors (Lipinski definition) is 2. The van der Waals surface area contributed by atoms with Crippen LogP contribution in [-0.2, 0) is 16.6 Å². The van der Waals surface area contributed by atoms with Crippen molar-refractivity contribution in [1.29, 1.82) is 0 Å². The third kappa shape index (κ3) is 2.87. The summed E-state index contributed by atoms with van der Waals surface area (Å²) in [6.07, 6.45) is 0. The SMILES string of the molecule is Cc1cccc(NS(=O)(=O)c2csc(CO)c2)n1. The highest BCUT2D eigenvalue weighted by Crippen LogP contribution is 2.21. The van der Waals surface area contributed by atoms with Gasteiger partial charge in [-0.2, -0.15) is 0 Å². The summed E-state index contributed by atoms with van der Waals surface area (Å²) in [7, 11) is -3.63. The number of anilines is 1. The van der Waals surface area contributed by atoms with Gasteiger partial charge in [0.25, 0.3) is 10.0 Å². The van der Waals surface area contributed by atoms with Crippen molar-refractivity contribution in [2.75, 3.05) is 4.72 Å². The Balaban J connectivity index is 2.27. The molecule has 2 heterocycles. The fourth-order valence-corrected chi connectivity index (χ4v) is 3.52. The van der Waals surface area contributed by atoms with Crippen LogP contribution in [0.2, 0.25) is 0 Å². The highest BCUT2D eigenvalue weighted by molar-refractivity contribution is 7.92. The Hall–Kier alpha value is -1.44. The molecule has 0 unspecified atom stereocenters. The first-order chi connectivity index (χ1) is 8.51. The summed E-state index contributed by atoms with van der Waals surface area (Å²) in [6, 6.07) is 6.55.